The van der Waals surface area contributed by atoms with Crippen molar-refractivity contribution < 1.29 is 4.79 Å². The third-order valence-electron chi connectivity index (χ3n) is 3.16. The molecule has 0 aliphatic carbocycles. The Labute approximate surface area is 105 Å². The Bertz CT molecular complexity index is 204. The van der Waals surface area contributed by atoms with E-state index in [1.807, 2.05) is 4.90 Å². The van der Waals surface area contributed by atoms with E-state index in [1.54, 1.807) is 0 Å². The molecule has 0 rings (SSSR count). The first-order chi connectivity index (χ1) is 7.32. The van der Waals surface area contributed by atoms with E-state index in [0.29, 0.717) is 24.8 Å². The first-order valence-electron chi connectivity index (χ1n) is 6.16. The van der Waals surface area contributed by atoms with Crippen LogP contribution < -0.4 is 0 Å². The summed E-state index contributed by atoms with van der Waals surface area (Å²) in [4.78, 5) is 13.9. The minimum atomic E-state index is 0.189. The lowest BCUT2D eigenvalue weighted by atomic mass is 9.80. The van der Waals surface area contributed by atoms with Crippen molar-refractivity contribution in [1.82, 2.24) is 4.90 Å². The number of carbonyl (C=O) groups excluding carboxylic acids is 1. The lowest BCUT2D eigenvalue weighted by Gasteiger charge is -2.29. The molecule has 0 aromatic carbocycles. The van der Waals surface area contributed by atoms with Crippen LogP contribution in [0.3, 0.4) is 0 Å². The van der Waals surface area contributed by atoms with Crippen LogP contribution in [0.15, 0.2) is 0 Å². The summed E-state index contributed by atoms with van der Waals surface area (Å²) in [6.07, 6.45) is 1.62. The lowest BCUT2D eigenvalue weighted by Crippen LogP contribution is -2.36. The van der Waals surface area contributed by atoms with Crippen molar-refractivity contribution in [2.75, 3.05) is 19.0 Å². The smallest absolute Gasteiger partial charge is 0.222 e. The molecule has 0 saturated heterocycles. The van der Waals surface area contributed by atoms with Gasteiger partial charge in [0.25, 0.3) is 0 Å². The Morgan fingerprint density at radius 3 is 2.25 bits per heavy atom. The molecule has 96 valence electrons. The SMILES string of the molecule is CCCN(CCCl)C(=O)CC(C)C(C)(C)C. The molecule has 0 aliphatic rings. The summed E-state index contributed by atoms with van der Waals surface area (Å²) in [5, 5.41) is 0. The van der Waals surface area contributed by atoms with Gasteiger partial charge in [-0.15, -0.1) is 11.6 Å². The van der Waals surface area contributed by atoms with E-state index >= 15 is 0 Å². The predicted octanol–water partition coefficient (Wildman–Crippen LogP) is 3.54. The summed E-state index contributed by atoms with van der Waals surface area (Å²) in [5.74, 6) is 1.16. The summed E-state index contributed by atoms with van der Waals surface area (Å²) in [7, 11) is 0. The molecule has 2 nitrogen and oxygen atoms in total. The van der Waals surface area contributed by atoms with Gasteiger partial charge in [0.2, 0.25) is 5.91 Å². The number of amides is 1. The Balaban J connectivity index is 4.29. The zero-order chi connectivity index (χ0) is 12.8. The first kappa shape index (κ1) is 15.8. The van der Waals surface area contributed by atoms with Crippen molar-refractivity contribution in [3.05, 3.63) is 0 Å². The molecular weight excluding hydrogens is 222 g/mol. The van der Waals surface area contributed by atoms with Crippen molar-refractivity contribution in [1.29, 1.82) is 0 Å². The summed E-state index contributed by atoms with van der Waals surface area (Å²) in [6.45, 7) is 12.3. The Morgan fingerprint density at radius 1 is 1.31 bits per heavy atom. The van der Waals surface area contributed by atoms with Crippen LogP contribution in [0.2, 0.25) is 0 Å². The molecule has 0 spiro atoms. The third-order valence-corrected chi connectivity index (χ3v) is 3.33. The zero-order valence-electron chi connectivity index (χ0n) is 11.3. The number of alkyl halides is 1. The molecule has 0 radical (unpaired) electrons. The highest BCUT2D eigenvalue weighted by Gasteiger charge is 2.24. The number of carbonyl (C=O) groups is 1. The highest BCUT2D eigenvalue weighted by atomic mass is 35.5. The molecule has 1 amide bonds. The van der Waals surface area contributed by atoms with Gasteiger partial charge in [-0.3, -0.25) is 4.79 Å². The van der Waals surface area contributed by atoms with Crippen LogP contribution >= 0.6 is 11.6 Å². The van der Waals surface area contributed by atoms with Crippen molar-refractivity contribution in [3.8, 4) is 0 Å². The highest BCUT2D eigenvalue weighted by molar-refractivity contribution is 6.18. The molecule has 0 heterocycles. The standard InChI is InChI=1S/C13H26ClNO/c1-6-8-15(9-7-14)12(16)10-11(2)13(3,4)5/h11H,6-10H2,1-5H3. The maximum absolute atomic E-state index is 12.0. The maximum atomic E-state index is 12.0. The van der Waals surface area contributed by atoms with Crippen LogP contribution in [0, 0.1) is 11.3 Å². The molecular formula is C13H26ClNO. The second kappa shape index (κ2) is 7.16. The summed E-state index contributed by atoms with van der Waals surface area (Å²) < 4.78 is 0. The Kier molecular flexibility index (Phi) is 7.05. The minimum absolute atomic E-state index is 0.189. The average Bonchev–Trinajstić information content (AvgIpc) is 2.15. The molecule has 0 aromatic rings. The van der Waals surface area contributed by atoms with E-state index in [0.717, 1.165) is 13.0 Å². The van der Waals surface area contributed by atoms with Crippen molar-refractivity contribution in [3.63, 3.8) is 0 Å². The van der Waals surface area contributed by atoms with Gasteiger partial charge in [-0.05, 0) is 17.8 Å². The second-order valence-electron chi connectivity index (χ2n) is 5.54. The zero-order valence-corrected chi connectivity index (χ0v) is 12.1. The fraction of sp³-hybridized carbons (Fsp3) is 0.923. The fourth-order valence-electron chi connectivity index (χ4n) is 1.43. The van der Waals surface area contributed by atoms with Crippen LogP contribution in [0.4, 0.5) is 0 Å². The van der Waals surface area contributed by atoms with Gasteiger partial charge in [0.15, 0.2) is 0 Å². The van der Waals surface area contributed by atoms with Gasteiger partial charge >= 0.3 is 0 Å². The number of hydrogen-bond donors (Lipinski definition) is 0. The van der Waals surface area contributed by atoms with Crippen LogP contribution in [0.5, 0.6) is 0 Å². The van der Waals surface area contributed by atoms with Gasteiger partial charge in [-0.2, -0.15) is 0 Å². The van der Waals surface area contributed by atoms with Crippen molar-refractivity contribution in [2.24, 2.45) is 11.3 Å². The fourth-order valence-corrected chi connectivity index (χ4v) is 1.63. The summed E-state index contributed by atoms with van der Waals surface area (Å²) in [5.41, 5.74) is 0.189. The molecule has 0 aromatic heterocycles. The molecule has 0 aliphatic heterocycles. The van der Waals surface area contributed by atoms with Crippen LogP contribution in [0.25, 0.3) is 0 Å². The predicted molar refractivity (Wildman–Crippen MR) is 70.8 cm³/mol. The van der Waals surface area contributed by atoms with Gasteiger partial charge in [0, 0.05) is 25.4 Å². The maximum Gasteiger partial charge on any atom is 0.222 e. The molecule has 0 bridgehead atoms. The quantitative estimate of drug-likeness (QED) is 0.658. The normalized spacial score (nSPS) is 13.6. The van der Waals surface area contributed by atoms with Gasteiger partial charge in [0.1, 0.15) is 0 Å². The summed E-state index contributed by atoms with van der Waals surface area (Å²) >= 11 is 5.71. The molecule has 0 N–H and O–H groups in total. The number of halogens is 1. The molecule has 0 fully saturated rings. The Hall–Kier alpha value is -0.240. The summed E-state index contributed by atoms with van der Waals surface area (Å²) in [6, 6.07) is 0. The molecule has 3 heteroatoms. The molecule has 0 saturated carbocycles. The Morgan fingerprint density at radius 2 is 1.88 bits per heavy atom. The van der Waals surface area contributed by atoms with Gasteiger partial charge in [0.05, 0.1) is 0 Å². The number of nitrogens with zero attached hydrogens (tertiary/aromatic N) is 1. The van der Waals surface area contributed by atoms with Crippen molar-refractivity contribution >= 4 is 17.5 Å². The monoisotopic (exact) mass is 247 g/mol. The molecule has 1 unspecified atom stereocenters. The van der Waals surface area contributed by atoms with Gasteiger partial charge in [-0.1, -0.05) is 34.6 Å². The minimum Gasteiger partial charge on any atom is -0.342 e. The number of hydrogen-bond acceptors (Lipinski definition) is 1. The van der Waals surface area contributed by atoms with E-state index in [9.17, 15) is 4.79 Å². The number of rotatable bonds is 6. The van der Waals surface area contributed by atoms with E-state index in [4.69, 9.17) is 11.6 Å². The van der Waals surface area contributed by atoms with Crippen LogP contribution in [0.1, 0.15) is 47.5 Å². The van der Waals surface area contributed by atoms with E-state index in [2.05, 4.69) is 34.6 Å². The average molecular weight is 248 g/mol. The first-order valence-corrected chi connectivity index (χ1v) is 6.70. The van der Waals surface area contributed by atoms with Crippen LogP contribution in [-0.2, 0) is 4.79 Å². The lowest BCUT2D eigenvalue weighted by molar-refractivity contribution is -0.132. The van der Waals surface area contributed by atoms with E-state index < -0.39 is 0 Å². The highest BCUT2D eigenvalue weighted by Crippen LogP contribution is 2.28. The molecule has 16 heavy (non-hydrogen) atoms. The molecule has 1 atom stereocenters. The second-order valence-corrected chi connectivity index (χ2v) is 5.92. The largest absolute Gasteiger partial charge is 0.342 e. The van der Waals surface area contributed by atoms with Crippen molar-refractivity contribution in [2.45, 2.75) is 47.5 Å². The van der Waals surface area contributed by atoms with Gasteiger partial charge in [-0.25, -0.2) is 0 Å². The van der Waals surface area contributed by atoms with Gasteiger partial charge < -0.3 is 4.90 Å². The van der Waals surface area contributed by atoms with E-state index in [1.165, 1.54) is 0 Å². The van der Waals surface area contributed by atoms with E-state index in [-0.39, 0.29) is 11.3 Å². The van der Waals surface area contributed by atoms with Crippen LogP contribution in [-0.4, -0.2) is 29.8 Å². The third kappa shape index (κ3) is 5.74. The topological polar surface area (TPSA) is 20.3 Å².